The molecule has 1 aliphatic rings. The minimum atomic E-state index is -0.538. The Morgan fingerprint density at radius 1 is 0.800 bits per heavy atom. The molecule has 3 aromatic rings. The quantitative estimate of drug-likeness (QED) is 0.530. The van der Waals surface area contributed by atoms with Crippen LogP contribution in [0, 0.1) is 13.8 Å². The number of fused-ring (bicyclic) bond motifs is 1. The van der Waals surface area contributed by atoms with Gasteiger partial charge in [-0.3, -0.25) is 4.79 Å². The highest BCUT2D eigenvalue weighted by molar-refractivity contribution is 6.21. The Morgan fingerprint density at radius 2 is 1.40 bits per heavy atom. The number of nitrogens with zero attached hydrogens (tertiary/aromatic N) is 1. The van der Waals surface area contributed by atoms with Crippen LogP contribution in [0.25, 0.3) is 10.8 Å². The van der Waals surface area contributed by atoms with Gasteiger partial charge in [-0.1, -0.05) is 76.2 Å². The van der Waals surface area contributed by atoms with E-state index in [0.29, 0.717) is 12.1 Å². The van der Waals surface area contributed by atoms with Crippen LogP contribution in [0.4, 0.5) is 10.5 Å². The molecular weight excluding hydrogens is 372 g/mol. The molecule has 0 radical (unpaired) electrons. The fraction of sp³-hybridized carbons (Fsp3) is 0.308. The van der Waals surface area contributed by atoms with E-state index in [-0.39, 0.29) is 11.9 Å². The highest BCUT2D eigenvalue weighted by atomic mass is 16.2. The molecule has 0 aliphatic carbocycles. The summed E-state index contributed by atoms with van der Waals surface area (Å²) < 4.78 is 0. The molecule has 1 N–H and O–H groups in total. The number of amides is 3. The molecule has 1 unspecified atom stereocenters. The second-order valence-corrected chi connectivity index (χ2v) is 6.91. The van der Waals surface area contributed by atoms with Crippen LogP contribution in [0.1, 0.15) is 44.4 Å². The van der Waals surface area contributed by atoms with Crippen molar-refractivity contribution in [1.29, 1.82) is 0 Å². The standard InChI is InChI=1S/C22H20N2O2.2C2H6/c1-14-9-15(2)11-19(10-14)24-21(25)20(23-22(24)26)13-16-7-8-17-5-3-4-6-18(17)12-16;2*1-2/h3-12,20H,13H2,1-2H3,(H,23,26);2*1-2H3. The molecule has 0 spiro atoms. The van der Waals surface area contributed by atoms with Crippen molar-refractivity contribution in [3.05, 3.63) is 77.4 Å². The highest BCUT2D eigenvalue weighted by Crippen LogP contribution is 2.24. The number of carbonyl (C=O) groups excluding carboxylic acids is 2. The van der Waals surface area contributed by atoms with Crippen molar-refractivity contribution in [3.8, 4) is 0 Å². The van der Waals surface area contributed by atoms with Gasteiger partial charge < -0.3 is 5.32 Å². The number of benzene rings is 3. The van der Waals surface area contributed by atoms with E-state index < -0.39 is 6.04 Å². The Balaban J connectivity index is 0.000000757. The largest absolute Gasteiger partial charge is 0.329 e. The van der Waals surface area contributed by atoms with Gasteiger partial charge in [0.05, 0.1) is 5.69 Å². The third kappa shape index (κ3) is 5.07. The number of rotatable bonds is 3. The van der Waals surface area contributed by atoms with Crippen LogP contribution in [0.15, 0.2) is 60.7 Å². The molecule has 1 fully saturated rings. The Morgan fingerprint density at radius 3 is 2.03 bits per heavy atom. The minimum Gasteiger partial charge on any atom is -0.325 e. The molecule has 158 valence electrons. The predicted molar refractivity (Wildman–Crippen MR) is 126 cm³/mol. The summed E-state index contributed by atoms with van der Waals surface area (Å²) in [5, 5.41) is 5.12. The van der Waals surface area contributed by atoms with Gasteiger partial charge in [0.25, 0.3) is 5.91 Å². The summed E-state index contributed by atoms with van der Waals surface area (Å²) in [6.07, 6.45) is 0.483. The van der Waals surface area contributed by atoms with Gasteiger partial charge in [-0.2, -0.15) is 0 Å². The van der Waals surface area contributed by atoms with Gasteiger partial charge in [0, 0.05) is 6.42 Å². The maximum atomic E-state index is 12.8. The number of hydrogen-bond acceptors (Lipinski definition) is 2. The van der Waals surface area contributed by atoms with Gasteiger partial charge in [-0.25, -0.2) is 9.69 Å². The molecule has 0 bridgehead atoms. The maximum absolute atomic E-state index is 12.8. The van der Waals surface area contributed by atoms with Crippen molar-refractivity contribution in [2.75, 3.05) is 4.90 Å². The van der Waals surface area contributed by atoms with Crippen LogP contribution in [0.3, 0.4) is 0 Å². The average Bonchev–Trinajstić information content (AvgIpc) is 3.03. The molecule has 4 nitrogen and oxygen atoms in total. The summed E-state index contributed by atoms with van der Waals surface area (Å²) in [5.74, 6) is -0.201. The van der Waals surface area contributed by atoms with Gasteiger partial charge in [-0.15, -0.1) is 0 Å². The van der Waals surface area contributed by atoms with Crippen molar-refractivity contribution in [2.45, 2.75) is 54.0 Å². The van der Waals surface area contributed by atoms with Crippen LogP contribution in [-0.2, 0) is 11.2 Å². The van der Waals surface area contributed by atoms with E-state index in [2.05, 4.69) is 23.5 Å². The number of hydrogen-bond donors (Lipinski definition) is 1. The number of carbonyl (C=O) groups is 2. The lowest BCUT2D eigenvalue weighted by molar-refractivity contribution is -0.118. The number of aryl methyl sites for hydroxylation is 2. The molecule has 4 heteroatoms. The fourth-order valence-corrected chi connectivity index (χ4v) is 3.60. The van der Waals surface area contributed by atoms with Crippen LogP contribution < -0.4 is 10.2 Å². The van der Waals surface area contributed by atoms with E-state index in [1.807, 2.05) is 84.0 Å². The molecule has 4 rings (SSSR count). The van der Waals surface area contributed by atoms with E-state index in [9.17, 15) is 9.59 Å². The first-order chi connectivity index (χ1) is 14.5. The van der Waals surface area contributed by atoms with Crippen LogP contribution in [-0.4, -0.2) is 18.0 Å². The van der Waals surface area contributed by atoms with Crippen molar-refractivity contribution in [2.24, 2.45) is 0 Å². The third-order valence-electron chi connectivity index (χ3n) is 4.74. The first-order valence-electron chi connectivity index (χ1n) is 10.7. The lowest BCUT2D eigenvalue weighted by atomic mass is 10.0. The second-order valence-electron chi connectivity index (χ2n) is 6.91. The maximum Gasteiger partial charge on any atom is 0.329 e. The second kappa shape index (κ2) is 10.6. The monoisotopic (exact) mass is 404 g/mol. The van der Waals surface area contributed by atoms with Gasteiger partial charge in [0.2, 0.25) is 0 Å². The van der Waals surface area contributed by atoms with Crippen LogP contribution in [0.2, 0.25) is 0 Å². The van der Waals surface area contributed by atoms with Crippen molar-refractivity contribution in [1.82, 2.24) is 5.32 Å². The first-order valence-corrected chi connectivity index (χ1v) is 10.7. The Bertz CT molecular complexity index is 1010. The smallest absolute Gasteiger partial charge is 0.325 e. The van der Waals surface area contributed by atoms with Gasteiger partial charge in [-0.05, 0) is 53.4 Å². The molecule has 3 amide bonds. The van der Waals surface area contributed by atoms with Gasteiger partial charge in [0.15, 0.2) is 0 Å². The molecule has 1 atom stereocenters. The molecule has 3 aromatic carbocycles. The Hall–Kier alpha value is -3.14. The minimum absolute atomic E-state index is 0.201. The average molecular weight is 405 g/mol. The summed E-state index contributed by atoms with van der Waals surface area (Å²) in [4.78, 5) is 26.5. The summed E-state index contributed by atoms with van der Waals surface area (Å²) >= 11 is 0. The fourth-order valence-electron chi connectivity index (χ4n) is 3.60. The van der Waals surface area contributed by atoms with E-state index in [0.717, 1.165) is 27.5 Å². The highest BCUT2D eigenvalue weighted by Gasteiger charge is 2.39. The molecule has 1 heterocycles. The Kier molecular flexibility index (Phi) is 8.16. The first kappa shape index (κ1) is 23.1. The lowest BCUT2D eigenvalue weighted by Crippen LogP contribution is -2.32. The molecule has 0 aromatic heterocycles. The normalized spacial score (nSPS) is 15.1. The van der Waals surface area contributed by atoms with E-state index in [4.69, 9.17) is 0 Å². The van der Waals surface area contributed by atoms with E-state index in [1.54, 1.807) is 0 Å². The number of anilines is 1. The van der Waals surface area contributed by atoms with E-state index >= 15 is 0 Å². The lowest BCUT2D eigenvalue weighted by Gasteiger charge is -2.15. The Labute approximate surface area is 179 Å². The van der Waals surface area contributed by atoms with Crippen molar-refractivity contribution < 1.29 is 9.59 Å². The molecule has 30 heavy (non-hydrogen) atoms. The molecule has 1 aliphatic heterocycles. The topological polar surface area (TPSA) is 49.4 Å². The van der Waals surface area contributed by atoms with Crippen molar-refractivity contribution in [3.63, 3.8) is 0 Å². The zero-order valence-electron chi connectivity index (χ0n) is 18.8. The van der Waals surface area contributed by atoms with Gasteiger partial charge in [0.1, 0.15) is 6.04 Å². The summed E-state index contributed by atoms with van der Waals surface area (Å²) in [6, 6.07) is 19.1. The van der Waals surface area contributed by atoms with Crippen LogP contribution in [0.5, 0.6) is 0 Å². The zero-order valence-corrected chi connectivity index (χ0v) is 18.8. The summed E-state index contributed by atoms with van der Waals surface area (Å²) in [6.45, 7) is 11.9. The molecule has 0 saturated carbocycles. The van der Waals surface area contributed by atoms with Crippen molar-refractivity contribution >= 4 is 28.4 Å². The SMILES string of the molecule is CC.CC.Cc1cc(C)cc(N2C(=O)NC(Cc3ccc4ccccc4c3)C2=O)c1. The van der Waals surface area contributed by atoms with E-state index in [1.165, 1.54) is 4.90 Å². The zero-order chi connectivity index (χ0) is 22.3. The van der Waals surface area contributed by atoms with Crippen LogP contribution >= 0.6 is 0 Å². The van der Waals surface area contributed by atoms with Gasteiger partial charge >= 0.3 is 6.03 Å². The molecular formula is C26H32N2O2. The third-order valence-corrected chi connectivity index (χ3v) is 4.74. The summed E-state index contributed by atoms with van der Waals surface area (Å²) in [5.41, 5.74) is 3.72. The predicted octanol–water partition coefficient (Wildman–Crippen LogP) is 6.18. The number of imide groups is 1. The number of urea groups is 1. The molecule has 1 saturated heterocycles. The summed E-state index contributed by atoms with van der Waals surface area (Å²) in [7, 11) is 0. The number of nitrogens with one attached hydrogen (secondary N) is 1.